The van der Waals surface area contributed by atoms with Gasteiger partial charge in [-0.25, -0.2) is 0 Å². The first-order valence-electron chi connectivity index (χ1n) is 7.09. The van der Waals surface area contributed by atoms with E-state index >= 15 is 0 Å². The van der Waals surface area contributed by atoms with Crippen LogP contribution in [0.15, 0.2) is 0 Å². The molecule has 20 heavy (non-hydrogen) atoms. The third-order valence-corrected chi connectivity index (χ3v) is 6.12. The number of carbonyl (C=O) groups is 1. The summed E-state index contributed by atoms with van der Waals surface area (Å²) in [6.07, 6.45) is 1.83. The fourth-order valence-electron chi connectivity index (χ4n) is 2.69. The summed E-state index contributed by atoms with van der Waals surface area (Å²) < 4.78 is 28.0. The van der Waals surface area contributed by atoms with Crippen molar-refractivity contribution in [3.63, 3.8) is 0 Å². The Morgan fingerprint density at radius 3 is 2.05 bits per heavy atom. The van der Waals surface area contributed by atoms with E-state index in [1.807, 2.05) is 0 Å². The van der Waals surface area contributed by atoms with E-state index in [1.54, 1.807) is 9.21 Å². The molecule has 0 aromatic carbocycles. The van der Waals surface area contributed by atoms with Crippen molar-refractivity contribution in [2.45, 2.75) is 19.8 Å². The van der Waals surface area contributed by atoms with Gasteiger partial charge in [0.05, 0.1) is 6.54 Å². The minimum absolute atomic E-state index is 0.0187. The van der Waals surface area contributed by atoms with Crippen LogP contribution in [0.2, 0.25) is 0 Å². The molecule has 0 saturated carbocycles. The first kappa shape index (κ1) is 15.7. The van der Waals surface area contributed by atoms with Gasteiger partial charge < -0.3 is 5.11 Å². The lowest BCUT2D eigenvalue weighted by atomic mass is 10.0. The topological polar surface area (TPSA) is 81.2 Å². The molecule has 0 aliphatic carbocycles. The molecule has 0 bridgehead atoms. The van der Waals surface area contributed by atoms with Crippen LogP contribution in [0.25, 0.3) is 0 Å². The molecule has 0 amide bonds. The van der Waals surface area contributed by atoms with E-state index in [9.17, 15) is 13.2 Å². The van der Waals surface area contributed by atoms with Gasteiger partial charge in [-0.1, -0.05) is 6.92 Å². The van der Waals surface area contributed by atoms with Gasteiger partial charge in [-0.15, -0.1) is 0 Å². The van der Waals surface area contributed by atoms with Gasteiger partial charge in [-0.3, -0.25) is 9.69 Å². The first-order chi connectivity index (χ1) is 9.39. The van der Waals surface area contributed by atoms with E-state index in [4.69, 9.17) is 5.11 Å². The van der Waals surface area contributed by atoms with Crippen molar-refractivity contribution in [1.29, 1.82) is 0 Å². The van der Waals surface area contributed by atoms with Crippen LogP contribution in [0.3, 0.4) is 0 Å². The van der Waals surface area contributed by atoms with Crippen molar-refractivity contribution in [2.75, 3.05) is 45.8 Å². The molecule has 0 unspecified atom stereocenters. The van der Waals surface area contributed by atoms with Gasteiger partial charge in [0.25, 0.3) is 10.2 Å². The van der Waals surface area contributed by atoms with Gasteiger partial charge in [-0.05, 0) is 18.8 Å². The molecule has 7 nitrogen and oxygen atoms in total. The molecule has 0 radical (unpaired) electrons. The van der Waals surface area contributed by atoms with Gasteiger partial charge in [0.15, 0.2) is 0 Å². The molecule has 2 rings (SSSR count). The van der Waals surface area contributed by atoms with Crippen LogP contribution in [0, 0.1) is 5.92 Å². The Kier molecular flexibility index (Phi) is 5.00. The highest BCUT2D eigenvalue weighted by Gasteiger charge is 2.34. The Balaban J connectivity index is 1.90. The lowest BCUT2D eigenvalue weighted by Gasteiger charge is -2.38. The summed E-state index contributed by atoms with van der Waals surface area (Å²) in [6, 6.07) is 0. The number of rotatable bonds is 4. The Hall–Kier alpha value is -0.700. The second-order valence-electron chi connectivity index (χ2n) is 5.66. The quantitative estimate of drug-likeness (QED) is 0.769. The number of aliphatic carboxylic acids is 1. The molecule has 1 N–H and O–H groups in total. The highest BCUT2D eigenvalue weighted by Crippen LogP contribution is 2.21. The van der Waals surface area contributed by atoms with Crippen LogP contribution in [0.1, 0.15) is 19.8 Å². The normalized spacial score (nSPS) is 24.9. The molecule has 2 fully saturated rings. The molecular formula is C12H23N3O4S. The van der Waals surface area contributed by atoms with Crippen LogP contribution in [0.4, 0.5) is 0 Å². The highest BCUT2D eigenvalue weighted by molar-refractivity contribution is 7.86. The SMILES string of the molecule is CC1CCN(S(=O)(=O)N2CCN(CC(=O)O)CC2)CC1. The Labute approximate surface area is 120 Å². The molecule has 0 spiro atoms. The van der Waals surface area contributed by atoms with Crippen LogP contribution in [-0.2, 0) is 15.0 Å². The van der Waals surface area contributed by atoms with Gasteiger partial charge in [-0.2, -0.15) is 17.0 Å². The molecule has 2 aliphatic rings. The average Bonchev–Trinajstić information content (AvgIpc) is 2.39. The van der Waals surface area contributed by atoms with E-state index in [0.29, 0.717) is 45.2 Å². The maximum absolute atomic E-state index is 12.5. The molecule has 8 heteroatoms. The fourth-order valence-corrected chi connectivity index (χ4v) is 4.31. The van der Waals surface area contributed by atoms with Crippen molar-refractivity contribution >= 4 is 16.2 Å². The van der Waals surface area contributed by atoms with E-state index in [-0.39, 0.29) is 6.54 Å². The summed E-state index contributed by atoms with van der Waals surface area (Å²) in [5, 5.41) is 8.74. The predicted molar refractivity (Wildman–Crippen MR) is 74.5 cm³/mol. The predicted octanol–water partition coefficient (Wildman–Crippen LogP) is -0.335. The Morgan fingerprint density at radius 1 is 1.05 bits per heavy atom. The Morgan fingerprint density at radius 2 is 1.55 bits per heavy atom. The van der Waals surface area contributed by atoms with Crippen LogP contribution >= 0.6 is 0 Å². The summed E-state index contributed by atoms with van der Waals surface area (Å²) in [7, 11) is -3.37. The minimum atomic E-state index is -3.37. The summed E-state index contributed by atoms with van der Waals surface area (Å²) >= 11 is 0. The number of piperazine rings is 1. The van der Waals surface area contributed by atoms with Gasteiger partial charge in [0, 0.05) is 39.3 Å². The second kappa shape index (κ2) is 6.38. The smallest absolute Gasteiger partial charge is 0.317 e. The molecule has 2 heterocycles. The lowest BCUT2D eigenvalue weighted by molar-refractivity contribution is -0.138. The molecule has 0 aromatic rings. The molecular weight excluding hydrogens is 282 g/mol. The monoisotopic (exact) mass is 305 g/mol. The van der Waals surface area contributed by atoms with E-state index in [0.717, 1.165) is 12.8 Å². The maximum atomic E-state index is 12.5. The number of carboxylic acids is 1. The summed E-state index contributed by atoms with van der Waals surface area (Å²) in [5.41, 5.74) is 0. The van der Waals surface area contributed by atoms with Crippen LogP contribution in [0.5, 0.6) is 0 Å². The lowest BCUT2D eigenvalue weighted by Crippen LogP contribution is -2.54. The van der Waals surface area contributed by atoms with Crippen molar-refractivity contribution in [3.8, 4) is 0 Å². The molecule has 116 valence electrons. The average molecular weight is 305 g/mol. The number of nitrogens with zero attached hydrogens (tertiary/aromatic N) is 3. The van der Waals surface area contributed by atoms with E-state index in [1.165, 1.54) is 4.31 Å². The van der Waals surface area contributed by atoms with Gasteiger partial charge in [0.1, 0.15) is 0 Å². The maximum Gasteiger partial charge on any atom is 0.317 e. The summed E-state index contributed by atoms with van der Waals surface area (Å²) in [4.78, 5) is 12.4. The first-order valence-corrected chi connectivity index (χ1v) is 8.48. The van der Waals surface area contributed by atoms with Crippen molar-refractivity contribution in [3.05, 3.63) is 0 Å². The number of piperidine rings is 1. The van der Waals surface area contributed by atoms with Crippen molar-refractivity contribution in [2.24, 2.45) is 5.92 Å². The van der Waals surface area contributed by atoms with E-state index in [2.05, 4.69) is 6.92 Å². The van der Waals surface area contributed by atoms with Crippen molar-refractivity contribution in [1.82, 2.24) is 13.5 Å². The van der Waals surface area contributed by atoms with Crippen LogP contribution < -0.4 is 0 Å². The minimum Gasteiger partial charge on any atom is -0.480 e. The number of hydrogen-bond donors (Lipinski definition) is 1. The van der Waals surface area contributed by atoms with Gasteiger partial charge in [0.2, 0.25) is 0 Å². The number of hydrogen-bond acceptors (Lipinski definition) is 4. The summed E-state index contributed by atoms with van der Waals surface area (Å²) in [6.45, 7) is 5.04. The third kappa shape index (κ3) is 3.69. The zero-order chi connectivity index (χ0) is 14.8. The molecule has 0 aromatic heterocycles. The fraction of sp³-hybridized carbons (Fsp3) is 0.917. The third-order valence-electron chi connectivity index (χ3n) is 4.09. The largest absolute Gasteiger partial charge is 0.480 e. The molecule has 2 aliphatic heterocycles. The molecule has 2 saturated heterocycles. The van der Waals surface area contributed by atoms with Crippen molar-refractivity contribution < 1.29 is 18.3 Å². The second-order valence-corrected chi connectivity index (χ2v) is 7.59. The van der Waals surface area contributed by atoms with Crippen LogP contribution in [-0.4, -0.2) is 78.8 Å². The Bertz CT molecular complexity index is 438. The zero-order valence-corrected chi connectivity index (χ0v) is 12.7. The van der Waals surface area contributed by atoms with Gasteiger partial charge >= 0.3 is 5.97 Å². The number of carboxylic acid groups (broad SMARTS) is 1. The zero-order valence-electron chi connectivity index (χ0n) is 11.9. The van der Waals surface area contributed by atoms with E-state index < -0.39 is 16.2 Å². The highest BCUT2D eigenvalue weighted by atomic mass is 32.2. The molecule has 0 atom stereocenters. The standard InChI is InChI=1S/C12H23N3O4S/c1-11-2-4-14(5-3-11)20(18,19)15-8-6-13(7-9-15)10-12(16)17/h11H,2-10H2,1H3,(H,16,17). The summed E-state index contributed by atoms with van der Waals surface area (Å²) in [5.74, 6) is -0.278.